The average Bonchev–Trinajstić information content (AvgIpc) is 3.26. The minimum atomic E-state index is -0.0634. The molecule has 0 aromatic carbocycles. The van der Waals surface area contributed by atoms with Gasteiger partial charge in [-0.05, 0) is 19.3 Å². The molecule has 2 heterocycles. The van der Waals surface area contributed by atoms with Gasteiger partial charge >= 0.3 is 0 Å². The number of hydrogen-bond acceptors (Lipinski definition) is 4. The van der Waals surface area contributed by atoms with Gasteiger partial charge < -0.3 is 9.80 Å². The summed E-state index contributed by atoms with van der Waals surface area (Å²) in [7, 11) is 1.85. The maximum absolute atomic E-state index is 12.9. The Bertz CT molecular complexity index is 622. The van der Waals surface area contributed by atoms with E-state index in [1.807, 2.05) is 17.3 Å². The molecule has 5 nitrogen and oxygen atoms in total. The summed E-state index contributed by atoms with van der Waals surface area (Å²) >= 11 is 1.66. The number of amides is 2. The SMILES string of the molecule is CC(C)c1nc(CN(C)C(=O)C2CCC(=O)N(C3CCCC3)C2)cs1. The summed E-state index contributed by atoms with van der Waals surface area (Å²) in [4.78, 5) is 33.5. The third-order valence-corrected chi connectivity index (χ3v) is 6.59. The van der Waals surface area contributed by atoms with Crippen LogP contribution in [0.4, 0.5) is 0 Å². The molecule has 0 bridgehead atoms. The number of likely N-dealkylation sites (tertiary alicyclic amines) is 1. The molecular formula is C19H29N3O2S. The molecule has 1 aromatic rings. The number of aromatic nitrogens is 1. The van der Waals surface area contributed by atoms with Crippen LogP contribution in [-0.4, -0.2) is 46.2 Å². The summed E-state index contributed by atoms with van der Waals surface area (Å²) in [6.07, 6.45) is 5.79. The molecule has 1 aliphatic heterocycles. The Labute approximate surface area is 154 Å². The molecule has 2 amide bonds. The molecular weight excluding hydrogens is 334 g/mol. The minimum absolute atomic E-state index is 0.0634. The lowest BCUT2D eigenvalue weighted by Gasteiger charge is -2.37. The highest BCUT2D eigenvalue weighted by molar-refractivity contribution is 7.09. The van der Waals surface area contributed by atoms with Gasteiger partial charge in [0, 0.05) is 37.4 Å². The predicted octanol–water partition coefficient (Wildman–Crippen LogP) is 3.41. The van der Waals surface area contributed by atoms with Crippen LogP contribution < -0.4 is 0 Å². The molecule has 1 aromatic heterocycles. The van der Waals surface area contributed by atoms with E-state index in [0.717, 1.165) is 23.5 Å². The number of hydrogen-bond donors (Lipinski definition) is 0. The van der Waals surface area contributed by atoms with E-state index in [9.17, 15) is 9.59 Å². The first kappa shape index (κ1) is 18.4. The van der Waals surface area contributed by atoms with Gasteiger partial charge in [-0.3, -0.25) is 9.59 Å². The summed E-state index contributed by atoms with van der Waals surface area (Å²) in [5, 5.41) is 3.17. The van der Waals surface area contributed by atoms with Crippen molar-refractivity contribution in [2.75, 3.05) is 13.6 Å². The zero-order chi connectivity index (χ0) is 18.0. The molecule has 0 spiro atoms. The van der Waals surface area contributed by atoms with Crippen LogP contribution in [0.1, 0.15) is 69.0 Å². The van der Waals surface area contributed by atoms with Crippen molar-refractivity contribution in [3.63, 3.8) is 0 Å². The van der Waals surface area contributed by atoms with Crippen molar-refractivity contribution in [1.82, 2.24) is 14.8 Å². The van der Waals surface area contributed by atoms with Gasteiger partial charge in [0.2, 0.25) is 11.8 Å². The predicted molar refractivity (Wildman–Crippen MR) is 99.4 cm³/mol. The van der Waals surface area contributed by atoms with Crippen LogP contribution in [0, 0.1) is 5.92 Å². The van der Waals surface area contributed by atoms with Crippen LogP contribution in [0.5, 0.6) is 0 Å². The highest BCUT2D eigenvalue weighted by atomic mass is 32.1. The second-order valence-corrected chi connectivity index (χ2v) is 8.64. The van der Waals surface area contributed by atoms with Gasteiger partial charge in [-0.2, -0.15) is 0 Å². The van der Waals surface area contributed by atoms with Gasteiger partial charge in [-0.15, -0.1) is 11.3 Å². The first-order valence-corrected chi connectivity index (χ1v) is 10.3. The third-order valence-electron chi connectivity index (χ3n) is 5.40. The van der Waals surface area contributed by atoms with Crippen LogP contribution in [0.3, 0.4) is 0 Å². The van der Waals surface area contributed by atoms with E-state index in [0.29, 0.717) is 37.9 Å². The lowest BCUT2D eigenvalue weighted by atomic mass is 9.94. The van der Waals surface area contributed by atoms with Crippen molar-refractivity contribution in [3.05, 3.63) is 16.1 Å². The summed E-state index contributed by atoms with van der Waals surface area (Å²) in [6.45, 7) is 5.42. The maximum Gasteiger partial charge on any atom is 0.227 e. The van der Waals surface area contributed by atoms with Crippen molar-refractivity contribution < 1.29 is 9.59 Å². The molecule has 2 fully saturated rings. The van der Waals surface area contributed by atoms with Crippen LogP contribution in [-0.2, 0) is 16.1 Å². The van der Waals surface area contributed by atoms with Crippen molar-refractivity contribution >= 4 is 23.2 Å². The van der Waals surface area contributed by atoms with Gasteiger partial charge in [-0.25, -0.2) is 4.98 Å². The molecule has 6 heteroatoms. The zero-order valence-electron chi connectivity index (χ0n) is 15.5. The molecule has 0 radical (unpaired) electrons. The van der Waals surface area contributed by atoms with Gasteiger partial charge in [0.15, 0.2) is 0 Å². The van der Waals surface area contributed by atoms with Crippen LogP contribution in [0.15, 0.2) is 5.38 Å². The fraction of sp³-hybridized carbons (Fsp3) is 0.737. The van der Waals surface area contributed by atoms with Crippen LogP contribution >= 0.6 is 11.3 Å². The Balaban J connectivity index is 1.59. The Morgan fingerprint density at radius 3 is 2.72 bits per heavy atom. The Morgan fingerprint density at radius 1 is 1.36 bits per heavy atom. The zero-order valence-corrected chi connectivity index (χ0v) is 16.3. The Morgan fingerprint density at radius 2 is 2.08 bits per heavy atom. The molecule has 0 N–H and O–H groups in total. The second kappa shape index (κ2) is 7.85. The smallest absolute Gasteiger partial charge is 0.227 e. The Kier molecular flexibility index (Phi) is 5.77. The van der Waals surface area contributed by atoms with Crippen molar-refractivity contribution in [1.29, 1.82) is 0 Å². The molecule has 1 unspecified atom stereocenters. The number of carbonyl (C=O) groups excluding carboxylic acids is 2. The normalized spacial score (nSPS) is 22.0. The molecule has 25 heavy (non-hydrogen) atoms. The van der Waals surface area contributed by atoms with Gasteiger partial charge in [0.1, 0.15) is 0 Å². The highest BCUT2D eigenvalue weighted by Crippen LogP contribution is 2.29. The van der Waals surface area contributed by atoms with E-state index in [4.69, 9.17) is 0 Å². The van der Waals surface area contributed by atoms with E-state index in [2.05, 4.69) is 18.8 Å². The second-order valence-electron chi connectivity index (χ2n) is 7.75. The van der Waals surface area contributed by atoms with Crippen LogP contribution in [0.25, 0.3) is 0 Å². The van der Waals surface area contributed by atoms with Gasteiger partial charge in [0.05, 0.1) is 23.2 Å². The molecule has 1 aliphatic carbocycles. The molecule has 1 atom stereocenters. The van der Waals surface area contributed by atoms with Crippen LogP contribution in [0.2, 0.25) is 0 Å². The number of carbonyl (C=O) groups is 2. The van der Waals surface area contributed by atoms with E-state index in [1.165, 1.54) is 12.8 Å². The van der Waals surface area contributed by atoms with E-state index >= 15 is 0 Å². The number of rotatable bonds is 5. The third kappa shape index (κ3) is 4.22. The van der Waals surface area contributed by atoms with E-state index < -0.39 is 0 Å². The fourth-order valence-corrected chi connectivity index (χ4v) is 4.76. The first-order chi connectivity index (χ1) is 12.0. The monoisotopic (exact) mass is 363 g/mol. The minimum Gasteiger partial charge on any atom is -0.340 e. The first-order valence-electron chi connectivity index (χ1n) is 9.44. The number of nitrogens with zero attached hydrogens (tertiary/aromatic N) is 3. The fourth-order valence-electron chi connectivity index (χ4n) is 3.94. The summed E-state index contributed by atoms with van der Waals surface area (Å²) in [6, 6.07) is 0.362. The lowest BCUT2D eigenvalue weighted by Crippen LogP contribution is -2.49. The summed E-state index contributed by atoms with van der Waals surface area (Å²) in [5.74, 6) is 0.741. The topological polar surface area (TPSA) is 53.5 Å². The Hall–Kier alpha value is -1.43. The molecule has 1 saturated heterocycles. The maximum atomic E-state index is 12.9. The highest BCUT2D eigenvalue weighted by Gasteiger charge is 2.36. The molecule has 1 saturated carbocycles. The van der Waals surface area contributed by atoms with E-state index in [-0.39, 0.29) is 17.7 Å². The number of piperidine rings is 1. The van der Waals surface area contributed by atoms with Crippen molar-refractivity contribution in [2.24, 2.45) is 5.92 Å². The molecule has 2 aliphatic rings. The summed E-state index contributed by atoms with van der Waals surface area (Å²) < 4.78 is 0. The van der Waals surface area contributed by atoms with Gasteiger partial charge in [0.25, 0.3) is 0 Å². The average molecular weight is 364 g/mol. The lowest BCUT2D eigenvalue weighted by molar-refractivity contribution is -0.144. The standard InChI is InChI=1S/C19H29N3O2S/c1-13(2)18-20-15(12-25-18)11-21(3)19(24)14-8-9-17(23)22(10-14)16-6-4-5-7-16/h12-14,16H,4-11H2,1-3H3. The summed E-state index contributed by atoms with van der Waals surface area (Å²) in [5.41, 5.74) is 0.962. The molecule has 138 valence electrons. The number of thiazole rings is 1. The van der Waals surface area contributed by atoms with Crippen molar-refractivity contribution in [2.45, 2.75) is 70.9 Å². The quantitative estimate of drug-likeness (QED) is 0.805. The van der Waals surface area contributed by atoms with E-state index in [1.54, 1.807) is 16.2 Å². The largest absolute Gasteiger partial charge is 0.340 e. The molecule has 3 rings (SSSR count). The van der Waals surface area contributed by atoms with Gasteiger partial charge in [-0.1, -0.05) is 26.7 Å². The van der Waals surface area contributed by atoms with Crippen molar-refractivity contribution in [3.8, 4) is 0 Å².